The number of nitrogens with zero attached hydrogens (tertiary/aromatic N) is 4. The topological polar surface area (TPSA) is 61.4 Å². The molecule has 1 aromatic heterocycles. The molecule has 2 aromatic rings. The zero-order chi connectivity index (χ0) is 18.7. The molecule has 0 radical (unpaired) electrons. The Kier molecular flexibility index (Phi) is 5.11. The van der Waals surface area contributed by atoms with Gasteiger partial charge >= 0.3 is 0 Å². The summed E-state index contributed by atoms with van der Waals surface area (Å²) in [6.45, 7) is 11.3. The van der Waals surface area contributed by atoms with E-state index >= 15 is 0 Å². The van der Waals surface area contributed by atoms with Gasteiger partial charge in [0.25, 0.3) is 0 Å². The van der Waals surface area contributed by atoms with Crippen molar-refractivity contribution >= 4 is 23.4 Å². The summed E-state index contributed by atoms with van der Waals surface area (Å²) in [7, 11) is 0. The number of amides is 1. The van der Waals surface area contributed by atoms with Crippen molar-refractivity contribution in [2.24, 2.45) is 0 Å². The summed E-state index contributed by atoms with van der Waals surface area (Å²) in [5.41, 5.74) is 2.40. The van der Waals surface area contributed by atoms with Crippen LogP contribution in [-0.4, -0.2) is 47.0 Å². The van der Waals surface area contributed by atoms with Crippen molar-refractivity contribution in [3.8, 4) is 0 Å². The summed E-state index contributed by atoms with van der Waals surface area (Å²) in [6, 6.07) is 10.3. The standard InChI is InChI=1S/C20H27N5O/c1-15(26)24-11-13-25(14-12-24)18-9-10-21-19(23-18)22-17-7-5-16(6-8-17)20(2,3)4/h5-10H,11-14H2,1-4H3,(H,21,22,23). The second kappa shape index (κ2) is 7.32. The first-order chi connectivity index (χ1) is 12.3. The zero-order valence-electron chi connectivity index (χ0n) is 16.0. The van der Waals surface area contributed by atoms with Gasteiger partial charge in [-0.1, -0.05) is 32.9 Å². The Hall–Kier alpha value is -2.63. The highest BCUT2D eigenvalue weighted by Crippen LogP contribution is 2.24. The Morgan fingerprint density at radius 1 is 1.04 bits per heavy atom. The number of carbonyl (C=O) groups excluding carboxylic acids is 1. The number of hydrogen-bond acceptors (Lipinski definition) is 5. The van der Waals surface area contributed by atoms with Gasteiger partial charge in [0.2, 0.25) is 11.9 Å². The monoisotopic (exact) mass is 353 g/mol. The van der Waals surface area contributed by atoms with Gasteiger partial charge in [-0.15, -0.1) is 0 Å². The molecule has 0 saturated carbocycles. The lowest BCUT2D eigenvalue weighted by molar-refractivity contribution is -0.129. The Morgan fingerprint density at radius 3 is 2.27 bits per heavy atom. The molecule has 1 aliphatic rings. The SMILES string of the molecule is CC(=O)N1CCN(c2ccnc(Nc3ccc(C(C)(C)C)cc3)n2)CC1. The van der Waals surface area contributed by atoms with Gasteiger partial charge in [-0.2, -0.15) is 4.98 Å². The van der Waals surface area contributed by atoms with Crippen LogP contribution in [0.5, 0.6) is 0 Å². The van der Waals surface area contributed by atoms with Crippen LogP contribution in [-0.2, 0) is 10.2 Å². The van der Waals surface area contributed by atoms with Crippen molar-refractivity contribution in [3.05, 3.63) is 42.1 Å². The number of aromatic nitrogens is 2. The molecule has 0 spiro atoms. The highest BCUT2D eigenvalue weighted by Gasteiger charge is 2.20. The maximum Gasteiger partial charge on any atom is 0.229 e. The first kappa shape index (κ1) is 18.2. The molecule has 0 unspecified atom stereocenters. The first-order valence-electron chi connectivity index (χ1n) is 9.04. The number of benzene rings is 1. The molecule has 0 atom stereocenters. The number of anilines is 3. The third kappa shape index (κ3) is 4.31. The molecule has 6 heteroatoms. The third-order valence-corrected chi connectivity index (χ3v) is 4.70. The number of rotatable bonds is 3. The van der Waals surface area contributed by atoms with Crippen LogP contribution in [0.2, 0.25) is 0 Å². The fourth-order valence-electron chi connectivity index (χ4n) is 3.02. The van der Waals surface area contributed by atoms with Gasteiger partial charge in [-0.05, 0) is 29.2 Å². The van der Waals surface area contributed by atoms with Crippen LogP contribution in [0.15, 0.2) is 36.5 Å². The van der Waals surface area contributed by atoms with Crippen LogP contribution in [0.3, 0.4) is 0 Å². The van der Waals surface area contributed by atoms with Crippen molar-refractivity contribution in [1.29, 1.82) is 0 Å². The van der Waals surface area contributed by atoms with Crippen molar-refractivity contribution in [3.63, 3.8) is 0 Å². The van der Waals surface area contributed by atoms with E-state index in [9.17, 15) is 4.79 Å². The van der Waals surface area contributed by atoms with E-state index in [1.54, 1.807) is 13.1 Å². The summed E-state index contributed by atoms with van der Waals surface area (Å²) >= 11 is 0. The molecular formula is C20H27N5O. The van der Waals surface area contributed by atoms with Crippen molar-refractivity contribution in [2.75, 3.05) is 36.4 Å². The Morgan fingerprint density at radius 2 is 1.69 bits per heavy atom. The van der Waals surface area contributed by atoms with Crippen LogP contribution in [0.1, 0.15) is 33.3 Å². The van der Waals surface area contributed by atoms with E-state index in [0.717, 1.165) is 37.7 Å². The van der Waals surface area contributed by atoms with Crippen molar-refractivity contribution in [1.82, 2.24) is 14.9 Å². The first-order valence-corrected chi connectivity index (χ1v) is 9.04. The minimum absolute atomic E-state index is 0.133. The Bertz CT molecular complexity index is 759. The van der Waals surface area contributed by atoms with E-state index in [1.165, 1.54) is 5.56 Å². The predicted octanol–water partition coefficient (Wildman–Crippen LogP) is 3.19. The molecule has 3 rings (SSSR count). The fraction of sp³-hybridized carbons (Fsp3) is 0.450. The molecule has 1 aromatic carbocycles. The van der Waals surface area contributed by atoms with Crippen LogP contribution in [0.4, 0.5) is 17.5 Å². The van der Waals surface area contributed by atoms with Crippen LogP contribution >= 0.6 is 0 Å². The van der Waals surface area contributed by atoms with Crippen LogP contribution in [0, 0.1) is 0 Å². The summed E-state index contributed by atoms with van der Waals surface area (Å²) < 4.78 is 0. The summed E-state index contributed by atoms with van der Waals surface area (Å²) in [4.78, 5) is 24.5. The minimum Gasteiger partial charge on any atom is -0.353 e. The zero-order valence-corrected chi connectivity index (χ0v) is 16.0. The summed E-state index contributed by atoms with van der Waals surface area (Å²) in [6.07, 6.45) is 1.77. The molecule has 138 valence electrons. The highest BCUT2D eigenvalue weighted by molar-refractivity contribution is 5.73. The smallest absolute Gasteiger partial charge is 0.229 e. The van der Waals surface area contributed by atoms with E-state index in [4.69, 9.17) is 0 Å². The molecule has 1 amide bonds. The number of carbonyl (C=O) groups is 1. The lowest BCUT2D eigenvalue weighted by atomic mass is 9.87. The number of nitrogens with one attached hydrogen (secondary N) is 1. The molecule has 1 aliphatic heterocycles. The number of hydrogen-bond donors (Lipinski definition) is 1. The average Bonchev–Trinajstić information content (AvgIpc) is 2.62. The van der Waals surface area contributed by atoms with Crippen LogP contribution < -0.4 is 10.2 Å². The van der Waals surface area contributed by atoms with Gasteiger partial charge in [-0.25, -0.2) is 4.98 Å². The van der Waals surface area contributed by atoms with Gasteiger partial charge in [0.05, 0.1) is 0 Å². The van der Waals surface area contributed by atoms with Gasteiger partial charge in [0, 0.05) is 45.0 Å². The molecular weight excluding hydrogens is 326 g/mol. The molecule has 6 nitrogen and oxygen atoms in total. The normalized spacial score (nSPS) is 15.1. The van der Waals surface area contributed by atoms with E-state index in [-0.39, 0.29) is 11.3 Å². The third-order valence-electron chi connectivity index (χ3n) is 4.70. The van der Waals surface area contributed by atoms with E-state index in [1.807, 2.05) is 11.0 Å². The maximum absolute atomic E-state index is 11.5. The molecule has 1 N–H and O–H groups in total. The Labute approximate surface area is 155 Å². The molecule has 0 bridgehead atoms. The quantitative estimate of drug-likeness (QED) is 0.918. The van der Waals surface area contributed by atoms with Crippen molar-refractivity contribution in [2.45, 2.75) is 33.1 Å². The van der Waals surface area contributed by atoms with Crippen molar-refractivity contribution < 1.29 is 4.79 Å². The molecule has 1 fully saturated rings. The maximum atomic E-state index is 11.5. The Balaban J connectivity index is 1.67. The van der Waals surface area contributed by atoms with E-state index in [2.05, 4.69) is 65.2 Å². The highest BCUT2D eigenvalue weighted by atomic mass is 16.2. The number of piperazine rings is 1. The molecule has 0 aliphatic carbocycles. The summed E-state index contributed by atoms with van der Waals surface area (Å²) in [5.74, 6) is 1.60. The van der Waals surface area contributed by atoms with Crippen LogP contribution in [0.25, 0.3) is 0 Å². The average molecular weight is 353 g/mol. The second-order valence-electron chi connectivity index (χ2n) is 7.68. The summed E-state index contributed by atoms with van der Waals surface area (Å²) in [5, 5.41) is 3.28. The van der Waals surface area contributed by atoms with Gasteiger partial charge < -0.3 is 15.1 Å². The van der Waals surface area contributed by atoms with E-state index < -0.39 is 0 Å². The van der Waals surface area contributed by atoms with Gasteiger partial charge in [0.15, 0.2) is 0 Å². The lowest BCUT2D eigenvalue weighted by Crippen LogP contribution is -2.48. The lowest BCUT2D eigenvalue weighted by Gasteiger charge is -2.34. The molecule has 2 heterocycles. The van der Waals surface area contributed by atoms with Gasteiger partial charge in [-0.3, -0.25) is 4.79 Å². The minimum atomic E-state index is 0.133. The van der Waals surface area contributed by atoms with E-state index in [0.29, 0.717) is 5.95 Å². The largest absolute Gasteiger partial charge is 0.353 e. The fourth-order valence-corrected chi connectivity index (χ4v) is 3.02. The predicted molar refractivity (Wildman–Crippen MR) is 105 cm³/mol. The van der Waals surface area contributed by atoms with Gasteiger partial charge in [0.1, 0.15) is 5.82 Å². The second-order valence-corrected chi connectivity index (χ2v) is 7.68. The molecule has 26 heavy (non-hydrogen) atoms. The molecule has 1 saturated heterocycles.